The summed E-state index contributed by atoms with van der Waals surface area (Å²) in [5.41, 5.74) is 2.79. The predicted octanol–water partition coefficient (Wildman–Crippen LogP) is 2.69. The average Bonchev–Trinajstić information content (AvgIpc) is 2.90. The number of likely N-dealkylation sites (N-methyl/N-ethyl adjacent to an activating group) is 1. The summed E-state index contributed by atoms with van der Waals surface area (Å²) >= 11 is 0. The SMILES string of the molecule is COc1cc(C(=O)N2CCN(C)c3ccccc3C2)ccc1OCC(=O)NC(C)C. The van der Waals surface area contributed by atoms with Gasteiger partial charge in [-0.3, -0.25) is 9.59 Å². The molecule has 0 radical (unpaired) electrons. The third kappa shape index (κ3) is 5.03. The Hall–Kier alpha value is -3.22. The number of para-hydroxylation sites is 1. The van der Waals surface area contributed by atoms with Crippen LogP contribution in [0.3, 0.4) is 0 Å². The first-order valence-corrected chi connectivity index (χ1v) is 10.1. The summed E-state index contributed by atoms with van der Waals surface area (Å²) in [7, 11) is 3.55. The summed E-state index contributed by atoms with van der Waals surface area (Å²) in [4.78, 5) is 29.0. The summed E-state index contributed by atoms with van der Waals surface area (Å²) in [6.45, 7) is 5.59. The monoisotopic (exact) mass is 411 g/mol. The molecular weight excluding hydrogens is 382 g/mol. The van der Waals surface area contributed by atoms with E-state index in [0.29, 0.717) is 30.2 Å². The standard InChI is InChI=1S/C23H29N3O4/c1-16(2)24-22(27)15-30-20-10-9-17(13-21(20)29-4)23(28)26-12-11-25(3)19-8-6-5-7-18(19)14-26/h5-10,13,16H,11-12,14-15H2,1-4H3,(H,24,27). The van der Waals surface area contributed by atoms with E-state index in [4.69, 9.17) is 9.47 Å². The molecule has 0 saturated heterocycles. The number of hydrogen-bond donors (Lipinski definition) is 1. The summed E-state index contributed by atoms with van der Waals surface area (Å²) in [5.74, 6) is 0.571. The van der Waals surface area contributed by atoms with Gasteiger partial charge in [-0.1, -0.05) is 18.2 Å². The van der Waals surface area contributed by atoms with Gasteiger partial charge in [-0.15, -0.1) is 0 Å². The number of nitrogens with zero attached hydrogens (tertiary/aromatic N) is 2. The maximum absolute atomic E-state index is 13.2. The largest absolute Gasteiger partial charge is 0.493 e. The van der Waals surface area contributed by atoms with Gasteiger partial charge in [0.05, 0.1) is 7.11 Å². The number of carbonyl (C=O) groups excluding carboxylic acids is 2. The van der Waals surface area contributed by atoms with Crippen LogP contribution >= 0.6 is 0 Å². The summed E-state index contributed by atoms with van der Waals surface area (Å²) in [6.07, 6.45) is 0. The minimum atomic E-state index is -0.209. The Morgan fingerprint density at radius 2 is 1.87 bits per heavy atom. The highest BCUT2D eigenvalue weighted by Crippen LogP contribution is 2.30. The van der Waals surface area contributed by atoms with E-state index in [2.05, 4.69) is 22.3 Å². The molecule has 0 bridgehead atoms. The van der Waals surface area contributed by atoms with Crippen LogP contribution in [-0.2, 0) is 11.3 Å². The molecule has 3 rings (SSSR count). The van der Waals surface area contributed by atoms with Crippen LogP contribution in [-0.4, -0.2) is 56.6 Å². The smallest absolute Gasteiger partial charge is 0.258 e. The Labute approximate surface area is 177 Å². The van der Waals surface area contributed by atoms with Gasteiger partial charge in [0.15, 0.2) is 18.1 Å². The number of carbonyl (C=O) groups is 2. The fourth-order valence-corrected chi connectivity index (χ4v) is 3.48. The minimum Gasteiger partial charge on any atom is -0.493 e. The quantitative estimate of drug-likeness (QED) is 0.791. The Bertz CT molecular complexity index is 913. The molecule has 7 nitrogen and oxygen atoms in total. The molecule has 0 aromatic heterocycles. The molecule has 7 heteroatoms. The summed E-state index contributed by atoms with van der Waals surface area (Å²) < 4.78 is 11.0. The molecule has 0 spiro atoms. The number of ether oxygens (including phenoxy) is 2. The molecule has 2 amide bonds. The van der Waals surface area contributed by atoms with Gasteiger partial charge in [-0.05, 0) is 43.7 Å². The third-order valence-corrected chi connectivity index (χ3v) is 4.98. The van der Waals surface area contributed by atoms with E-state index in [0.717, 1.165) is 17.8 Å². The van der Waals surface area contributed by atoms with Crippen LogP contribution in [0.4, 0.5) is 5.69 Å². The Morgan fingerprint density at radius 1 is 1.10 bits per heavy atom. The number of amides is 2. The lowest BCUT2D eigenvalue weighted by atomic mass is 10.1. The molecule has 0 aliphatic carbocycles. The second kappa shape index (κ2) is 9.52. The van der Waals surface area contributed by atoms with Crippen molar-refractivity contribution < 1.29 is 19.1 Å². The van der Waals surface area contributed by atoms with Gasteiger partial charge in [0.2, 0.25) is 0 Å². The molecule has 0 atom stereocenters. The van der Waals surface area contributed by atoms with Crippen molar-refractivity contribution in [3.05, 3.63) is 53.6 Å². The lowest BCUT2D eigenvalue weighted by Gasteiger charge is -2.22. The second-order valence-corrected chi connectivity index (χ2v) is 7.65. The topological polar surface area (TPSA) is 71.1 Å². The zero-order valence-electron chi connectivity index (χ0n) is 18.0. The molecule has 1 N–H and O–H groups in total. The molecule has 0 unspecified atom stereocenters. The number of nitrogens with one attached hydrogen (secondary N) is 1. The van der Waals surface area contributed by atoms with Crippen LogP contribution < -0.4 is 19.7 Å². The van der Waals surface area contributed by atoms with Crippen molar-refractivity contribution in [1.29, 1.82) is 0 Å². The van der Waals surface area contributed by atoms with Crippen molar-refractivity contribution in [2.24, 2.45) is 0 Å². The van der Waals surface area contributed by atoms with Gasteiger partial charge >= 0.3 is 0 Å². The molecule has 2 aromatic carbocycles. The number of benzene rings is 2. The van der Waals surface area contributed by atoms with Crippen molar-refractivity contribution in [3.63, 3.8) is 0 Å². The van der Waals surface area contributed by atoms with Gasteiger partial charge in [-0.25, -0.2) is 0 Å². The molecule has 1 heterocycles. The van der Waals surface area contributed by atoms with Gasteiger partial charge in [-0.2, -0.15) is 0 Å². The van der Waals surface area contributed by atoms with Gasteiger partial charge in [0, 0.05) is 44.0 Å². The molecule has 2 aromatic rings. The van der Waals surface area contributed by atoms with E-state index in [1.165, 1.54) is 7.11 Å². The van der Waals surface area contributed by atoms with Gasteiger partial charge in [0.1, 0.15) is 0 Å². The van der Waals surface area contributed by atoms with Crippen LogP contribution in [0, 0.1) is 0 Å². The summed E-state index contributed by atoms with van der Waals surface area (Å²) in [5, 5.41) is 2.77. The average molecular weight is 412 g/mol. The molecule has 1 aliphatic heterocycles. The molecule has 1 aliphatic rings. The second-order valence-electron chi connectivity index (χ2n) is 7.65. The van der Waals surface area contributed by atoms with Crippen LogP contribution in [0.5, 0.6) is 11.5 Å². The number of methoxy groups -OCH3 is 1. The minimum absolute atomic E-state index is 0.0424. The van der Waals surface area contributed by atoms with Crippen molar-refractivity contribution in [2.45, 2.75) is 26.4 Å². The maximum Gasteiger partial charge on any atom is 0.258 e. The van der Waals surface area contributed by atoms with Gasteiger partial charge < -0.3 is 24.6 Å². The molecule has 160 valence electrons. The lowest BCUT2D eigenvalue weighted by molar-refractivity contribution is -0.123. The van der Waals surface area contributed by atoms with E-state index in [-0.39, 0.29) is 24.5 Å². The maximum atomic E-state index is 13.2. The van der Waals surface area contributed by atoms with Crippen molar-refractivity contribution in [3.8, 4) is 11.5 Å². The van der Waals surface area contributed by atoms with Crippen LogP contribution in [0.2, 0.25) is 0 Å². The number of fused-ring (bicyclic) bond motifs is 1. The molecule has 0 saturated carbocycles. The molecular formula is C23H29N3O4. The number of anilines is 1. The van der Waals surface area contributed by atoms with Crippen molar-refractivity contribution in [1.82, 2.24) is 10.2 Å². The predicted molar refractivity (Wildman–Crippen MR) is 116 cm³/mol. The molecule has 0 fully saturated rings. The molecule has 30 heavy (non-hydrogen) atoms. The number of rotatable bonds is 6. The first-order valence-electron chi connectivity index (χ1n) is 10.1. The third-order valence-electron chi connectivity index (χ3n) is 4.98. The zero-order chi connectivity index (χ0) is 21.7. The van der Waals surface area contributed by atoms with Crippen LogP contribution in [0.1, 0.15) is 29.8 Å². The van der Waals surface area contributed by atoms with Crippen molar-refractivity contribution >= 4 is 17.5 Å². The lowest BCUT2D eigenvalue weighted by Crippen LogP contribution is -2.34. The highest BCUT2D eigenvalue weighted by molar-refractivity contribution is 5.95. The van der Waals surface area contributed by atoms with E-state index in [1.807, 2.05) is 37.9 Å². The fraction of sp³-hybridized carbons (Fsp3) is 0.391. The normalized spacial score (nSPS) is 13.5. The fourth-order valence-electron chi connectivity index (χ4n) is 3.48. The van der Waals surface area contributed by atoms with Crippen LogP contribution in [0.25, 0.3) is 0 Å². The first-order chi connectivity index (χ1) is 14.4. The van der Waals surface area contributed by atoms with Crippen LogP contribution in [0.15, 0.2) is 42.5 Å². The van der Waals surface area contributed by atoms with E-state index >= 15 is 0 Å². The van der Waals surface area contributed by atoms with E-state index < -0.39 is 0 Å². The zero-order valence-corrected chi connectivity index (χ0v) is 18.0. The Kier molecular flexibility index (Phi) is 6.82. The number of hydrogen-bond acceptors (Lipinski definition) is 5. The van der Waals surface area contributed by atoms with E-state index in [1.54, 1.807) is 18.2 Å². The Morgan fingerprint density at radius 3 is 2.60 bits per heavy atom. The highest BCUT2D eigenvalue weighted by atomic mass is 16.5. The first kappa shape index (κ1) is 21.5. The van der Waals surface area contributed by atoms with Crippen molar-refractivity contribution in [2.75, 3.05) is 38.8 Å². The summed E-state index contributed by atoms with van der Waals surface area (Å²) in [6, 6.07) is 13.2. The highest BCUT2D eigenvalue weighted by Gasteiger charge is 2.23. The van der Waals surface area contributed by atoms with Gasteiger partial charge in [0.25, 0.3) is 11.8 Å². The van der Waals surface area contributed by atoms with E-state index in [9.17, 15) is 9.59 Å². The Balaban J connectivity index is 1.74.